The first-order chi connectivity index (χ1) is 16.0. The lowest BCUT2D eigenvalue weighted by atomic mass is 10.1. The fourth-order valence-corrected chi connectivity index (χ4v) is 3.04. The molecule has 1 aromatic heterocycles. The van der Waals surface area contributed by atoms with Crippen molar-refractivity contribution in [2.24, 2.45) is 0 Å². The Balaban J connectivity index is 0.00000132. The van der Waals surface area contributed by atoms with Crippen LogP contribution in [0.15, 0.2) is 46.9 Å². The maximum atomic E-state index is 11.8. The molecule has 0 N–H and O–H groups in total. The smallest absolute Gasteiger partial charge is 0.310 e. The van der Waals surface area contributed by atoms with Crippen molar-refractivity contribution >= 4 is 16.9 Å². The number of carbonyl (C=O) groups is 1. The molecule has 0 bridgehead atoms. The first-order valence-electron chi connectivity index (χ1n) is 12.4. The summed E-state index contributed by atoms with van der Waals surface area (Å²) in [6.07, 6.45) is 2.34. The summed E-state index contributed by atoms with van der Waals surface area (Å²) in [5.74, 6) is 1.45. The van der Waals surface area contributed by atoms with Crippen molar-refractivity contribution in [3.63, 3.8) is 0 Å². The third-order valence-corrected chi connectivity index (χ3v) is 4.27. The highest BCUT2D eigenvalue weighted by atomic mass is 16.5. The quantitative estimate of drug-likeness (QED) is 0.335. The van der Waals surface area contributed by atoms with Gasteiger partial charge in [-0.1, -0.05) is 73.1 Å². The van der Waals surface area contributed by atoms with Gasteiger partial charge in [0.2, 0.25) is 0 Å². The van der Waals surface area contributed by atoms with E-state index in [1.807, 2.05) is 58.9 Å². The summed E-state index contributed by atoms with van der Waals surface area (Å²) in [4.78, 5) is 11.8. The molecule has 1 heterocycles. The highest BCUT2D eigenvalue weighted by molar-refractivity contribution is 5.82. The van der Waals surface area contributed by atoms with Gasteiger partial charge in [0.1, 0.15) is 23.7 Å². The van der Waals surface area contributed by atoms with Gasteiger partial charge < -0.3 is 13.9 Å². The second-order valence-corrected chi connectivity index (χ2v) is 6.98. The van der Waals surface area contributed by atoms with Crippen molar-refractivity contribution in [1.82, 2.24) is 0 Å². The Morgan fingerprint density at radius 3 is 2.18 bits per heavy atom. The lowest BCUT2D eigenvalue weighted by molar-refractivity contribution is -0.142. The van der Waals surface area contributed by atoms with Crippen molar-refractivity contribution < 1.29 is 18.7 Å². The van der Waals surface area contributed by atoms with Crippen LogP contribution in [0, 0.1) is 6.92 Å². The first-order valence-corrected chi connectivity index (χ1v) is 12.4. The van der Waals surface area contributed by atoms with Gasteiger partial charge in [0, 0.05) is 17.4 Å². The van der Waals surface area contributed by atoms with Gasteiger partial charge in [-0.05, 0) is 49.2 Å². The number of furan rings is 1. The number of benzene rings is 2. The fourth-order valence-electron chi connectivity index (χ4n) is 3.04. The van der Waals surface area contributed by atoms with E-state index >= 15 is 0 Å². The zero-order valence-electron chi connectivity index (χ0n) is 22.2. The zero-order valence-corrected chi connectivity index (χ0v) is 22.2. The highest BCUT2D eigenvalue weighted by Gasteiger charge is 2.11. The molecule has 3 rings (SSSR count). The van der Waals surface area contributed by atoms with Crippen molar-refractivity contribution in [2.75, 3.05) is 6.61 Å². The van der Waals surface area contributed by atoms with E-state index in [9.17, 15) is 4.79 Å². The van der Waals surface area contributed by atoms with E-state index in [-0.39, 0.29) is 12.4 Å². The topological polar surface area (TPSA) is 48.7 Å². The minimum Gasteiger partial charge on any atom is -0.489 e. The predicted molar refractivity (Wildman–Crippen MR) is 140 cm³/mol. The summed E-state index contributed by atoms with van der Waals surface area (Å²) in [6.45, 7) is 19.0. The Morgan fingerprint density at radius 2 is 1.58 bits per heavy atom. The minimum absolute atomic E-state index is 0.212. The van der Waals surface area contributed by atoms with Crippen molar-refractivity contribution in [2.45, 2.75) is 88.2 Å². The molecular formula is C29H44O4. The molecule has 0 amide bonds. The second-order valence-electron chi connectivity index (χ2n) is 6.98. The number of hydrogen-bond donors (Lipinski definition) is 0. The summed E-state index contributed by atoms with van der Waals surface area (Å²) in [5, 5.41) is 1.10. The summed E-state index contributed by atoms with van der Waals surface area (Å²) in [5.41, 5.74) is 3.94. The maximum absolute atomic E-state index is 11.8. The first kappa shape index (κ1) is 30.2. The normalized spacial score (nSPS) is 9.48. The van der Waals surface area contributed by atoms with E-state index in [4.69, 9.17) is 13.9 Å². The van der Waals surface area contributed by atoms with Crippen LogP contribution in [-0.2, 0) is 29.0 Å². The molecule has 0 aliphatic rings. The van der Waals surface area contributed by atoms with E-state index in [0.29, 0.717) is 19.0 Å². The SMILES string of the molecule is CC.CC.CCC.CCOC(=O)Cc1ccccc1OCc1cc(C)c2oc(CC)cc2c1. The molecular weight excluding hydrogens is 412 g/mol. The maximum Gasteiger partial charge on any atom is 0.310 e. The summed E-state index contributed by atoms with van der Waals surface area (Å²) >= 11 is 0. The van der Waals surface area contributed by atoms with Crippen LogP contribution < -0.4 is 4.74 Å². The van der Waals surface area contributed by atoms with Crippen LogP contribution in [0.1, 0.15) is 84.3 Å². The number of aryl methyl sites for hydroxylation is 2. The van der Waals surface area contributed by atoms with Crippen molar-refractivity contribution in [1.29, 1.82) is 0 Å². The number of carbonyl (C=O) groups excluding carboxylic acids is 1. The molecule has 0 aliphatic heterocycles. The molecule has 0 fully saturated rings. The molecule has 0 saturated carbocycles. The van der Waals surface area contributed by atoms with Crippen LogP contribution in [0.3, 0.4) is 0 Å². The molecule has 0 atom stereocenters. The van der Waals surface area contributed by atoms with Gasteiger partial charge in [-0.15, -0.1) is 0 Å². The van der Waals surface area contributed by atoms with E-state index in [1.54, 1.807) is 6.92 Å². The van der Waals surface area contributed by atoms with Crippen LogP contribution in [0.2, 0.25) is 0 Å². The Labute approximate surface area is 201 Å². The van der Waals surface area contributed by atoms with Crippen LogP contribution >= 0.6 is 0 Å². The van der Waals surface area contributed by atoms with Crippen LogP contribution in [0.4, 0.5) is 0 Å². The van der Waals surface area contributed by atoms with Crippen LogP contribution in [0.5, 0.6) is 5.75 Å². The number of rotatable bonds is 7. The van der Waals surface area contributed by atoms with E-state index in [2.05, 4.69) is 39.0 Å². The number of ether oxygens (including phenoxy) is 2. The van der Waals surface area contributed by atoms with E-state index in [1.165, 1.54) is 6.42 Å². The number of fused-ring (bicyclic) bond motifs is 1. The predicted octanol–water partition coefficient (Wildman–Crippen LogP) is 8.46. The molecule has 33 heavy (non-hydrogen) atoms. The van der Waals surface area contributed by atoms with Crippen LogP contribution in [-0.4, -0.2) is 12.6 Å². The molecule has 3 aromatic rings. The van der Waals surface area contributed by atoms with Crippen molar-refractivity contribution in [3.05, 3.63) is 64.9 Å². The number of hydrogen-bond acceptors (Lipinski definition) is 4. The van der Waals surface area contributed by atoms with Gasteiger partial charge in [0.05, 0.1) is 13.0 Å². The van der Waals surface area contributed by atoms with Gasteiger partial charge in [-0.3, -0.25) is 4.79 Å². The zero-order chi connectivity index (χ0) is 25.2. The summed E-state index contributed by atoms with van der Waals surface area (Å²) < 4.78 is 16.9. The standard InChI is InChI=1S/C22H24O4.C3H8.2C2H6/c1-4-19-12-18-11-16(10-15(3)22(18)26-19)14-25-20-9-7-6-8-17(20)13-21(23)24-5-2;1-3-2;2*1-2/h6-12H,4-5,13-14H2,1-3H3;3H2,1-2H3;2*1-2H3. The fraction of sp³-hybridized carbons (Fsp3) is 0.483. The van der Waals surface area contributed by atoms with Crippen LogP contribution in [0.25, 0.3) is 11.0 Å². The van der Waals surface area contributed by atoms with Gasteiger partial charge in [-0.2, -0.15) is 0 Å². The lowest BCUT2D eigenvalue weighted by Gasteiger charge is -2.12. The van der Waals surface area contributed by atoms with Crippen molar-refractivity contribution in [3.8, 4) is 5.75 Å². The third kappa shape index (κ3) is 10.2. The monoisotopic (exact) mass is 456 g/mol. The van der Waals surface area contributed by atoms with Gasteiger partial charge in [-0.25, -0.2) is 0 Å². The minimum atomic E-state index is -0.244. The molecule has 184 valence electrons. The third-order valence-electron chi connectivity index (χ3n) is 4.27. The second kappa shape index (κ2) is 17.8. The Bertz CT molecular complexity index is 925. The molecule has 0 aliphatic carbocycles. The Hall–Kier alpha value is -2.75. The molecule has 0 unspecified atom stereocenters. The highest BCUT2D eigenvalue weighted by Crippen LogP contribution is 2.26. The Morgan fingerprint density at radius 1 is 0.939 bits per heavy atom. The number of para-hydroxylation sites is 1. The summed E-state index contributed by atoms with van der Waals surface area (Å²) in [7, 11) is 0. The average molecular weight is 457 g/mol. The molecule has 0 spiro atoms. The Kier molecular flexibility index (Phi) is 16.3. The molecule has 0 saturated heterocycles. The lowest BCUT2D eigenvalue weighted by Crippen LogP contribution is -2.09. The molecule has 4 heteroatoms. The van der Waals surface area contributed by atoms with Gasteiger partial charge in [0.15, 0.2) is 0 Å². The van der Waals surface area contributed by atoms with E-state index in [0.717, 1.165) is 39.8 Å². The molecule has 4 nitrogen and oxygen atoms in total. The molecule has 2 aromatic carbocycles. The number of esters is 1. The van der Waals surface area contributed by atoms with Gasteiger partial charge in [0.25, 0.3) is 0 Å². The average Bonchev–Trinajstić information content (AvgIpc) is 3.26. The summed E-state index contributed by atoms with van der Waals surface area (Å²) in [6, 6.07) is 13.8. The van der Waals surface area contributed by atoms with E-state index < -0.39 is 0 Å². The molecule has 0 radical (unpaired) electrons. The largest absolute Gasteiger partial charge is 0.489 e. The van der Waals surface area contributed by atoms with Gasteiger partial charge >= 0.3 is 5.97 Å².